The zero-order valence-corrected chi connectivity index (χ0v) is 7.63. The standard InChI is InChI=1S/C8H10F6/c1-3-6(4(2)8(12,13)14)5(9)7(6,10)11/h4-5H,3H2,1-2H3. The Morgan fingerprint density at radius 1 is 1.29 bits per heavy atom. The average Bonchev–Trinajstić information content (AvgIpc) is 2.45. The first-order valence-electron chi connectivity index (χ1n) is 4.21. The van der Waals surface area contributed by atoms with Crippen molar-refractivity contribution in [2.24, 2.45) is 11.3 Å². The molecule has 0 aliphatic heterocycles. The molecule has 3 unspecified atom stereocenters. The largest absolute Gasteiger partial charge is 0.392 e. The molecule has 0 radical (unpaired) electrons. The van der Waals surface area contributed by atoms with Crippen molar-refractivity contribution in [1.82, 2.24) is 0 Å². The van der Waals surface area contributed by atoms with Crippen LogP contribution in [0.25, 0.3) is 0 Å². The Balaban J connectivity index is 2.97. The van der Waals surface area contributed by atoms with E-state index in [1.165, 1.54) is 0 Å². The van der Waals surface area contributed by atoms with E-state index in [-0.39, 0.29) is 0 Å². The van der Waals surface area contributed by atoms with Gasteiger partial charge in [0.05, 0.1) is 11.3 Å². The second-order valence-electron chi connectivity index (χ2n) is 3.64. The highest BCUT2D eigenvalue weighted by atomic mass is 19.4. The third-order valence-electron chi connectivity index (χ3n) is 3.16. The van der Waals surface area contributed by atoms with Crippen molar-refractivity contribution in [1.29, 1.82) is 0 Å². The maximum absolute atomic E-state index is 12.8. The molecule has 0 nitrogen and oxygen atoms in total. The Morgan fingerprint density at radius 3 is 1.71 bits per heavy atom. The summed E-state index contributed by atoms with van der Waals surface area (Å²) in [6.07, 6.45) is -7.96. The summed E-state index contributed by atoms with van der Waals surface area (Å²) < 4.78 is 74.8. The van der Waals surface area contributed by atoms with Crippen molar-refractivity contribution >= 4 is 0 Å². The van der Waals surface area contributed by atoms with Crippen LogP contribution >= 0.6 is 0 Å². The molecule has 0 bridgehead atoms. The van der Waals surface area contributed by atoms with Gasteiger partial charge in [-0.1, -0.05) is 13.8 Å². The Labute approximate surface area is 77.3 Å². The summed E-state index contributed by atoms with van der Waals surface area (Å²) in [6.45, 7) is 1.76. The lowest BCUT2D eigenvalue weighted by Crippen LogP contribution is -2.33. The fraction of sp³-hybridized carbons (Fsp3) is 1.00. The first-order valence-corrected chi connectivity index (χ1v) is 4.21. The molecule has 0 aromatic carbocycles. The summed E-state index contributed by atoms with van der Waals surface area (Å²) in [5.41, 5.74) is -2.54. The average molecular weight is 220 g/mol. The van der Waals surface area contributed by atoms with Crippen molar-refractivity contribution in [2.75, 3.05) is 0 Å². The first kappa shape index (κ1) is 11.7. The Bertz CT molecular complexity index is 232. The van der Waals surface area contributed by atoms with Gasteiger partial charge in [0.1, 0.15) is 0 Å². The second kappa shape index (κ2) is 2.79. The Kier molecular flexibility index (Phi) is 2.32. The van der Waals surface area contributed by atoms with E-state index in [1.54, 1.807) is 0 Å². The molecule has 0 N–H and O–H groups in total. The van der Waals surface area contributed by atoms with Crippen LogP contribution in [0.3, 0.4) is 0 Å². The minimum absolute atomic E-state index is 0.512. The molecular weight excluding hydrogens is 210 g/mol. The summed E-state index contributed by atoms with van der Waals surface area (Å²) in [5, 5.41) is 0. The molecule has 3 atom stereocenters. The van der Waals surface area contributed by atoms with Gasteiger partial charge in [-0.05, 0) is 6.42 Å². The smallest absolute Gasteiger partial charge is 0.240 e. The van der Waals surface area contributed by atoms with E-state index in [4.69, 9.17) is 0 Å². The van der Waals surface area contributed by atoms with Gasteiger partial charge in [-0.2, -0.15) is 13.2 Å². The molecule has 1 aliphatic rings. The van der Waals surface area contributed by atoms with E-state index in [2.05, 4.69) is 0 Å². The van der Waals surface area contributed by atoms with Crippen LogP contribution in [-0.4, -0.2) is 18.3 Å². The highest BCUT2D eigenvalue weighted by Crippen LogP contribution is 2.70. The van der Waals surface area contributed by atoms with Gasteiger partial charge in [0.25, 0.3) is 5.92 Å². The summed E-state index contributed by atoms with van der Waals surface area (Å²) in [7, 11) is 0. The molecular formula is C8H10F6. The SMILES string of the molecule is CCC1(C(C)C(F)(F)F)C(F)C1(F)F. The van der Waals surface area contributed by atoms with Gasteiger partial charge in [-0.25, -0.2) is 13.2 Å². The minimum Gasteiger partial charge on any atom is -0.240 e. The van der Waals surface area contributed by atoms with Gasteiger partial charge in [0.15, 0.2) is 6.17 Å². The van der Waals surface area contributed by atoms with E-state index in [1.807, 2.05) is 0 Å². The van der Waals surface area contributed by atoms with Gasteiger partial charge in [-0.15, -0.1) is 0 Å². The van der Waals surface area contributed by atoms with E-state index >= 15 is 0 Å². The molecule has 0 heterocycles. The second-order valence-corrected chi connectivity index (χ2v) is 3.64. The molecule has 0 aromatic heterocycles. The van der Waals surface area contributed by atoms with Crippen molar-refractivity contribution in [2.45, 2.75) is 38.5 Å². The van der Waals surface area contributed by atoms with Gasteiger partial charge < -0.3 is 0 Å². The van der Waals surface area contributed by atoms with Crippen LogP contribution in [0.2, 0.25) is 0 Å². The first-order chi connectivity index (χ1) is 6.12. The van der Waals surface area contributed by atoms with Crippen LogP contribution in [0.5, 0.6) is 0 Å². The number of rotatable bonds is 2. The molecule has 1 saturated carbocycles. The monoisotopic (exact) mass is 220 g/mol. The van der Waals surface area contributed by atoms with Gasteiger partial charge >= 0.3 is 6.18 Å². The molecule has 0 amide bonds. The predicted molar refractivity (Wildman–Crippen MR) is 37.8 cm³/mol. The van der Waals surface area contributed by atoms with Crippen molar-refractivity contribution in [3.05, 3.63) is 0 Å². The van der Waals surface area contributed by atoms with E-state index in [0.717, 1.165) is 6.92 Å². The normalized spacial score (nSPS) is 38.1. The third-order valence-corrected chi connectivity index (χ3v) is 3.16. The van der Waals surface area contributed by atoms with Crippen LogP contribution in [0.15, 0.2) is 0 Å². The summed E-state index contributed by atoms with van der Waals surface area (Å²) >= 11 is 0. The number of hydrogen-bond donors (Lipinski definition) is 0. The van der Waals surface area contributed by atoms with Crippen molar-refractivity contribution in [3.63, 3.8) is 0 Å². The molecule has 0 aromatic rings. The molecule has 1 rings (SSSR count). The minimum atomic E-state index is -4.78. The highest BCUT2D eigenvalue weighted by Gasteiger charge is 2.85. The van der Waals surface area contributed by atoms with Crippen LogP contribution in [0.1, 0.15) is 20.3 Å². The lowest BCUT2D eigenvalue weighted by molar-refractivity contribution is -0.199. The molecule has 0 spiro atoms. The zero-order chi connectivity index (χ0) is 11.4. The molecule has 6 heteroatoms. The van der Waals surface area contributed by atoms with E-state index in [9.17, 15) is 26.3 Å². The van der Waals surface area contributed by atoms with Crippen molar-refractivity contribution in [3.8, 4) is 0 Å². The van der Waals surface area contributed by atoms with Gasteiger partial charge in [0.2, 0.25) is 0 Å². The predicted octanol–water partition coefficient (Wildman–Crippen LogP) is 3.57. The van der Waals surface area contributed by atoms with Crippen LogP contribution in [0.4, 0.5) is 26.3 Å². The molecule has 14 heavy (non-hydrogen) atoms. The number of hydrogen-bond acceptors (Lipinski definition) is 0. The van der Waals surface area contributed by atoms with Gasteiger partial charge in [-0.3, -0.25) is 0 Å². The van der Waals surface area contributed by atoms with Crippen LogP contribution in [0, 0.1) is 11.3 Å². The molecule has 84 valence electrons. The fourth-order valence-electron chi connectivity index (χ4n) is 1.95. The molecule has 1 aliphatic carbocycles. The lowest BCUT2D eigenvalue weighted by Gasteiger charge is -2.24. The van der Waals surface area contributed by atoms with Crippen molar-refractivity contribution < 1.29 is 26.3 Å². The summed E-state index contributed by atoms with van der Waals surface area (Å²) in [5.74, 6) is -6.15. The maximum Gasteiger partial charge on any atom is 0.392 e. The number of halogens is 6. The number of alkyl halides is 6. The molecule has 0 saturated heterocycles. The Morgan fingerprint density at radius 2 is 1.64 bits per heavy atom. The van der Waals surface area contributed by atoms with Crippen LogP contribution in [-0.2, 0) is 0 Å². The lowest BCUT2D eigenvalue weighted by atomic mass is 9.86. The maximum atomic E-state index is 12.8. The van der Waals surface area contributed by atoms with Crippen LogP contribution < -0.4 is 0 Å². The van der Waals surface area contributed by atoms with E-state index < -0.39 is 36.0 Å². The van der Waals surface area contributed by atoms with Gasteiger partial charge in [0, 0.05) is 0 Å². The highest BCUT2D eigenvalue weighted by molar-refractivity contribution is 5.21. The topological polar surface area (TPSA) is 0 Å². The summed E-state index contributed by atoms with van der Waals surface area (Å²) in [6, 6.07) is 0. The van der Waals surface area contributed by atoms with E-state index in [0.29, 0.717) is 6.92 Å². The third kappa shape index (κ3) is 1.15. The summed E-state index contributed by atoms with van der Waals surface area (Å²) in [4.78, 5) is 0. The fourth-order valence-corrected chi connectivity index (χ4v) is 1.95. The quantitative estimate of drug-likeness (QED) is 0.624. The Hall–Kier alpha value is -0.420. The molecule has 1 fully saturated rings. The zero-order valence-electron chi connectivity index (χ0n) is 7.63.